The van der Waals surface area contributed by atoms with Crippen LogP contribution in [-0.2, 0) is 16.0 Å². The number of carbonyl (C=O) groups excluding carboxylic acids is 2. The lowest BCUT2D eigenvalue weighted by molar-refractivity contribution is -0.115. The van der Waals surface area contributed by atoms with Crippen LogP contribution in [-0.4, -0.2) is 36.0 Å². The number of nitrogens with zero attached hydrogens (tertiary/aromatic N) is 2. The van der Waals surface area contributed by atoms with Gasteiger partial charge in [-0.1, -0.05) is 6.07 Å². The smallest absolute Gasteiger partial charge is 0.231 e. The van der Waals surface area contributed by atoms with E-state index in [1.54, 1.807) is 26.5 Å². The van der Waals surface area contributed by atoms with E-state index >= 15 is 0 Å². The first kappa shape index (κ1) is 18.2. The zero-order valence-electron chi connectivity index (χ0n) is 14.5. The Morgan fingerprint density at radius 3 is 2.36 bits per heavy atom. The molecule has 0 radical (unpaired) electrons. The van der Waals surface area contributed by atoms with Gasteiger partial charge in [-0.3, -0.25) is 14.9 Å². The number of rotatable bonds is 6. The Labute approximate surface area is 145 Å². The van der Waals surface area contributed by atoms with Crippen molar-refractivity contribution < 1.29 is 19.1 Å². The number of hydrogen-bond acceptors (Lipinski definition) is 6. The largest absolute Gasteiger partial charge is 0.497 e. The van der Waals surface area contributed by atoms with Gasteiger partial charge in [-0.25, -0.2) is 4.98 Å². The van der Waals surface area contributed by atoms with E-state index in [9.17, 15) is 9.59 Å². The topological polar surface area (TPSA) is 102 Å². The number of hydrogen-bond donors (Lipinski definition) is 2. The summed E-state index contributed by atoms with van der Waals surface area (Å²) in [7, 11) is 3.15. The van der Waals surface area contributed by atoms with Gasteiger partial charge in [0.25, 0.3) is 0 Å². The highest BCUT2D eigenvalue weighted by Gasteiger charge is 2.13. The lowest BCUT2D eigenvalue weighted by Crippen LogP contribution is -2.15. The first-order valence-electron chi connectivity index (χ1n) is 7.55. The van der Waals surface area contributed by atoms with Crippen LogP contribution in [0.5, 0.6) is 11.5 Å². The molecule has 0 unspecified atom stereocenters. The maximum absolute atomic E-state index is 11.5. The van der Waals surface area contributed by atoms with Crippen molar-refractivity contribution in [1.29, 1.82) is 0 Å². The van der Waals surface area contributed by atoms with Gasteiger partial charge in [-0.2, -0.15) is 4.98 Å². The van der Waals surface area contributed by atoms with Crippen molar-refractivity contribution >= 4 is 23.6 Å². The summed E-state index contributed by atoms with van der Waals surface area (Å²) < 4.78 is 10.6. The Bertz CT molecular complexity index is 792. The summed E-state index contributed by atoms with van der Waals surface area (Å²) in [5, 5.41) is 5.15. The van der Waals surface area contributed by atoms with Crippen molar-refractivity contribution in [3.63, 3.8) is 0 Å². The van der Waals surface area contributed by atoms with Crippen LogP contribution in [0.1, 0.15) is 25.0 Å². The van der Waals surface area contributed by atoms with Gasteiger partial charge >= 0.3 is 0 Å². The van der Waals surface area contributed by atoms with Crippen LogP contribution in [0, 0.1) is 0 Å². The fourth-order valence-electron chi connectivity index (χ4n) is 2.23. The van der Waals surface area contributed by atoms with Crippen molar-refractivity contribution in [1.82, 2.24) is 9.97 Å². The fraction of sp³-hybridized carbons (Fsp3) is 0.294. The molecular formula is C17H20N4O4. The van der Waals surface area contributed by atoms with Gasteiger partial charge < -0.3 is 14.8 Å². The minimum absolute atomic E-state index is 0.127. The van der Waals surface area contributed by atoms with E-state index in [0.29, 0.717) is 29.3 Å². The third kappa shape index (κ3) is 4.90. The van der Waals surface area contributed by atoms with E-state index in [2.05, 4.69) is 20.6 Å². The predicted molar refractivity (Wildman–Crippen MR) is 93.0 cm³/mol. The van der Waals surface area contributed by atoms with E-state index < -0.39 is 0 Å². The van der Waals surface area contributed by atoms with Gasteiger partial charge in [0.2, 0.25) is 17.8 Å². The Morgan fingerprint density at radius 1 is 1.04 bits per heavy atom. The van der Waals surface area contributed by atoms with Crippen LogP contribution >= 0.6 is 0 Å². The molecule has 2 amide bonds. The molecule has 132 valence electrons. The van der Waals surface area contributed by atoms with Crippen LogP contribution in [0.15, 0.2) is 24.4 Å². The maximum atomic E-state index is 11.5. The molecule has 0 saturated heterocycles. The van der Waals surface area contributed by atoms with Gasteiger partial charge in [0, 0.05) is 38.1 Å². The summed E-state index contributed by atoms with van der Waals surface area (Å²) in [6.45, 7) is 2.75. The van der Waals surface area contributed by atoms with Crippen LogP contribution < -0.4 is 20.1 Å². The summed E-state index contributed by atoms with van der Waals surface area (Å²) >= 11 is 0. The second kappa shape index (κ2) is 8.09. The molecule has 8 heteroatoms. The minimum atomic E-state index is -0.293. The first-order chi connectivity index (χ1) is 11.9. The van der Waals surface area contributed by atoms with Gasteiger partial charge in [-0.15, -0.1) is 0 Å². The fourth-order valence-corrected chi connectivity index (χ4v) is 2.23. The third-order valence-corrected chi connectivity index (χ3v) is 3.32. The average molecular weight is 344 g/mol. The van der Waals surface area contributed by atoms with Crippen LogP contribution in [0.2, 0.25) is 0 Å². The highest BCUT2D eigenvalue weighted by molar-refractivity contribution is 5.90. The second-order valence-electron chi connectivity index (χ2n) is 5.28. The molecule has 0 fully saturated rings. The molecule has 2 N–H and O–H groups in total. The van der Waals surface area contributed by atoms with E-state index in [1.165, 1.54) is 13.8 Å². The van der Waals surface area contributed by atoms with Crippen molar-refractivity contribution in [2.75, 3.05) is 24.9 Å². The van der Waals surface area contributed by atoms with Gasteiger partial charge in [0.1, 0.15) is 17.3 Å². The monoisotopic (exact) mass is 344 g/mol. The molecule has 25 heavy (non-hydrogen) atoms. The Kier molecular flexibility index (Phi) is 5.89. The highest BCUT2D eigenvalue weighted by atomic mass is 16.5. The number of amides is 2. The normalized spacial score (nSPS) is 10.1. The quantitative estimate of drug-likeness (QED) is 0.831. The molecule has 0 bridgehead atoms. The second-order valence-corrected chi connectivity index (χ2v) is 5.28. The number of anilines is 2. The van der Waals surface area contributed by atoms with Gasteiger partial charge in [0.15, 0.2) is 0 Å². The standard InChI is InChI=1S/C17H20N4O4/c1-10(22)19-16-13(9-18-17(21-16)20-11(2)23)7-12-5-6-14(24-3)8-15(12)25-4/h5-6,8-9H,7H2,1-4H3,(H2,18,19,20,21,22,23). The average Bonchev–Trinajstić information content (AvgIpc) is 2.56. The molecule has 1 heterocycles. The first-order valence-corrected chi connectivity index (χ1v) is 7.55. The Balaban J connectivity index is 2.37. The molecule has 0 saturated carbocycles. The number of benzene rings is 1. The SMILES string of the molecule is COc1ccc(Cc2cnc(NC(C)=O)nc2NC(C)=O)c(OC)c1. The van der Waals surface area contributed by atoms with E-state index in [1.807, 2.05) is 12.1 Å². The zero-order chi connectivity index (χ0) is 18.4. The molecule has 0 aliphatic heterocycles. The van der Waals surface area contributed by atoms with E-state index in [-0.39, 0.29) is 17.8 Å². The van der Waals surface area contributed by atoms with Gasteiger partial charge in [-0.05, 0) is 11.6 Å². The summed E-state index contributed by atoms with van der Waals surface area (Å²) in [5.74, 6) is 1.23. The molecule has 0 atom stereocenters. The lowest BCUT2D eigenvalue weighted by Gasteiger charge is -2.13. The molecule has 1 aromatic carbocycles. The molecule has 1 aromatic heterocycles. The van der Waals surface area contributed by atoms with Crippen LogP contribution in [0.25, 0.3) is 0 Å². The Morgan fingerprint density at radius 2 is 1.76 bits per heavy atom. The summed E-state index contributed by atoms with van der Waals surface area (Å²) in [5.41, 5.74) is 1.57. The number of carbonyl (C=O) groups is 2. The van der Waals surface area contributed by atoms with Crippen molar-refractivity contribution in [3.8, 4) is 11.5 Å². The number of aromatic nitrogens is 2. The molecular weight excluding hydrogens is 324 g/mol. The third-order valence-electron chi connectivity index (χ3n) is 3.32. The molecule has 2 aromatic rings. The van der Waals surface area contributed by atoms with Crippen molar-refractivity contribution in [2.24, 2.45) is 0 Å². The van der Waals surface area contributed by atoms with E-state index in [4.69, 9.17) is 9.47 Å². The molecule has 8 nitrogen and oxygen atoms in total. The van der Waals surface area contributed by atoms with Crippen LogP contribution in [0.3, 0.4) is 0 Å². The van der Waals surface area contributed by atoms with Crippen molar-refractivity contribution in [2.45, 2.75) is 20.3 Å². The van der Waals surface area contributed by atoms with Crippen LogP contribution in [0.4, 0.5) is 11.8 Å². The number of ether oxygens (including phenoxy) is 2. The Hall–Kier alpha value is -3.16. The van der Waals surface area contributed by atoms with Crippen molar-refractivity contribution in [3.05, 3.63) is 35.5 Å². The summed E-state index contributed by atoms with van der Waals surface area (Å²) in [6.07, 6.45) is 2.00. The maximum Gasteiger partial charge on any atom is 0.231 e. The molecule has 0 spiro atoms. The summed E-state index contributed by atoms with van der Waals surface area (Å²) in [6, 6.07) is 5.47. The van der Waals surface area contributed by atoms with Gasteiger partial charge in [0.05, 0.1) is 14.2 Å². The highest BCUT2D eigenvalue weighted by Crippen LogP contribution is 2.28. The predicted octanol–water partition coefficient (Wildman–Crippen LogP) is 2.00. The lowest BCUT2D eigenvalue weighted by atomic mass is 10.1. The zero-order valence-corrected chi connectivity index (χ0v) is 14.5. The number of nitrogens with one attached hydrogen (secondary N) is 2. The number of methoxy groups -OCH3 is 2. The minimum Gasteiger partial charge on any atom is -0.497 e. The van der Waals surface area contributed by atoms with E-state index in [0.717, 1.165) is 5.56 Å². The molecule has 0 aliphatic carbocycles. The molecule has 0 aliphatic rings. The summed E-state index contributed by atoms with van der Waals surface area (Å²) in [4.78, 5) is 30.9. The molecule has 2 rings (SSSR count).